The van der Waals surface area contributed by atoms with E-state index in [1.807, 2.05) is 25.1 Å². The first-order valence-electron chi connectivity index (χ1n) is 7.33. The standard InChI is InChI=1S/C16H21N3O2/c1-2-6-18-16(20)15-12-21-8-7-19(15)11-14-5-3-4-13(9-14)10-17/h3-5,9,15H,2,6-8,11-12H2,1H3,(H,18,20). The van der Waals surface area contributed by atoms with E-state index in [-0.39, 0.29) is 11.9 Å². The van der Waals surface area contributed by atoms with Gasteiger partial charge in [0.1, 0.15) is 6.04 Å². The second-order valence-electron chi connectivity index (χ2n) is 5.16. The van der Waals surface area contributed by atoms with Crippen LogP contribution in [0.5, 0.6) is 0 Å². The predicted molar refractivity (Wildman–Crippen MR) is 79.5 cm³/mol. The first kappa shape index (κ1) is 15.5. The highest BCUT2D eigenvalue weighted by Gasteiger charge is 2.29. The van der Waals surface area contributed by atoms with Crippen LogP contribution in [-0.4, -0.2) is 43.2 Å². The van der Waals surface area contributed by atoms with Crippen LogP contribution < -0.4 is 5.32 Å². The fraction of sp³-hybridized carbons (Fsp3) is 0.500. The number of benzene rings is 1. The molecule has 1 N–H and O–H groups in total. The van der Waals surface area contributed by atoms with Crippen molar-refractivity contribution in [2.24, 2.45) is 0 Å². The van der Waals surface area contributed by atoms with Gasteiger partial charge in [0.05, 0.1) is 24.8 Å². The Morgan fingerprint density at radius 1 is 1.57 bits per heavy atom. The summed E-state index contributed by atoms with van der Waals surface area (Å²) in [6.07, 6.45) is 0.920. The molecule has 5 nitrogen and oxygen atoms in total. The number of morpholine rings is 1. The smallest absolute Gasteiger partial charge is 0.239 e. The maximum absolute atomic E-state index is 12.2. The van der Waals surface area contributed by atoms with Crippen LogP contribution in [0.2, 0.25) is 0 Å². The summed E-state index contributed by atoms with van der Waals surface area (Å²) in [6.45, 7) is 5.16. The van der Waals surface area contributed by atoms with Gasteiger partial charge in [-0.2, -0.15) is 5.26 Å². The molecule has 1 aliphatic rings. The number of amides is 1. The number of nitrogens with zero attached hydrogens (tertiary/aromatic N) is 2. The van der Waals surface area contributed by atoms with Gasteiger partial charge in [-0.05, 0) is 24.1 Å². The summed E-state index contributed by atoms with van der Waals surface area (Å²) in [5, 5.41) is 11.9. The van der Waals surface area contributed by atoms with E-state index in [0.29, 0.717) is 31.9 Å². The van der Waals surface area contributed by atoms with Gasteiger partial charge < -0.3 is 10.1 Å². The molecule has 0 radical (unpaired) electrons. The van der Waals surface area contributed by atoms with Crippen molar-refractivity contribution in [3.8, 4) is 6.07 Å². The fourth-order valence-corrected chi connectivity index (χ4v) is 2.41. The maximum Gasteiger partial charge on any atom is 0.239 e. The topological polar surface area (TPSA) is 65.4 Å². The van der Waals surface area contributed by atoms with Crippen LogP contribution in [0, 0.1) is 11.3 Å². The molecule has 0 bridgehead atoms. The molecule has 0 aromatic heterocycles. The highest BCUT2D eigenvalue weighted by molar-refractivity contribution is 5.82. The lowest BCUT2D eigenvalue weighted by Crippen LogP contribution is -2.53. The Morgan fingerprint density at radius 3 is 3.19 bits per heavy atom. The highest BCUT2D eigenvalue weighted by Crippen LogP contribution is 2.14. The van der Waals surface area contributed by atoms with Crippen molar-refractivity contribution in [3.05, 3.63) is 35.4 Å². The average molecular weight is 287 g/mol. The molecule has 1 heterocycles. The molecule has 5 heteroatoms. The first-order chi connectivity index (χ1) is 10.2. The summed E-state index contributed by atoms with van der Waals surface area (Å²) in [6, 6.07) is 9.41. The predicted octanol–water partition coefficient (Wildman–Crippen LogP) is 1.29. The molecule has 0 spiro atoms. The molecule has 1 aromatic carbocycles. The number of ether oxygens (including phenoxy) is 1. The van der Waals surface area contributed by atoms with Crippen molar-refractivity contribution in [1.29, 1.82) is 5.26 Å². The largest absolute Gasteiger partial charge is 0.378 e. The van der Waals surface area contributed by atoms with Crippen molar-refractivity contribution in [3.63, 3.8) is 0 Å². The van der Waals surface area contributed by atoms with E-state index < -0.39 is 0 Å². The highest BCUT2D eigenvalue weighted by atomic mass is 16.5. The molecule has 1 amide bonds. The molecule has 1 unspecified atom stereocenters. The Balaban J connectivity index is 2.04. The normalized spacial score (nSPS) is 19.0. The molecule has 21 heavy (non-hydrogen) atoms. The summed E-state index contributed by atoms with van der Waals surface area (Å²) in [5.74, 6) is 0.0213. The van der Waals surface area contributed by atoms with Gasteiger partial charge in [0, 0.05) is 19.6 Å². The molecule has 1 saturated heterocycles. The average Bonchev–Trinajstić information content (AvgIpc) is 2.53. The van der Waals surface area contributed by atoms with Crippen molar-refractivity contribution in [2.45, 2.75) is 25.9 Å². The zero-order chi connectivity index (χ0) is 15.1. The lowest BCUT2D eigenvalue weighted by atomic mass is 10.1. The molecule has 1 fully saturated rings. The van der Waals surface area contributed by atoms with E-state index in [9.17, 15) is 4.79 Å². The minimum absolute atomic E-state index is 0.0213. The van der Waals surface area contributed by atoms with Gasteiger partial charge in [-0.1, -0.05) is 19.1 Å². The second-order valence-corrected chi connectivity index (χ2v) is 5.16. The van der Waals surface area contributed by atoms with Gasteiger partial charge in [-0.15, -0.1) is 0 Å². The Hall–Kier alpha value is -1.90. The summed E-state index contributed by atoms with van der Waals surface area (Å²) >= 11 is 0. The zero-order valence-electron chi connectivity index (χ0n) is 12.3. The summed E-state index contributed by atoms with van der Waals surface area (Å²) in [4.78, 5) is 14.3. The molecule has 0 saturated carbocycles. The van der Waals surface area contributed by atoms with E-state index in [2.05, 4.69) is 16.3 Å². The number of hydrogen-bond donors (Lipinski definition) is 1. The fourth-order valence-electron chi connectivity index (χ4n) is 2.41. The Kier molecular flexibility index (Phi) is 5.73. The van der Waals surface area contributed by atoms with Crippen molar-refractivity contribution in [1.82, 2.24) is 10.2 Å². The lowest BCUT2D eigenvalue weighted by molar-refractivity contribution is -0.132. The van der Waals surface area contributed by atoms with Gasteiger partial charge >= 0.3 is 0 Å². The van der Waals surface area contributed by atoms with Crippen LogP contribution in [0.3, 0.4) is 0 Å². The molecule has 2 rings (SSSR count). The monoisotopic (exact) mass is 287 g/mol. The molecule has 0 aliphatic carbocycles. The van der Waals surface area contributed by atoms with Crippen molar-refractivity contribution in [2.75, 3.05) is 26.3 Å². The van der Waals surface area contributed by atoms with Crippen LogP contribution in [0.25, 0.3) is 0 Å². The molecule has 1 aliphatic heterocycles. The number of rotatable bonds is 5. The third-order valence-corrected chi connectivity index (χ3v) is 3.53. The molecule has 112 valence electrons. The minimum Gasteiger partial charge on any atom is -0.378 e. The van der Waals surface area contributed by atoms with Gasteiger partial charge in [-0.3, -0.25) is 9.69 Å². The number of nitriles is 1. The number of carbonyl (C=O) groups excluding carboxylic acids is 1. The minimum atomic E-state index is -0.254. The first-order valence-corrected chi connectivity index (χ1v) is 7.33. The van der Waals surface area contributed by atoms with Crippen LogP contribution in [-0.2, 0) is 16.1 Å². The van der Waals surface area contributed by atoms with Gasteiger partial charge in [0.25, 0.3) is 0 Å². The van der Waals surface area contributed by atoms with Crippen LogP contribution >= 0.6 is 0 Å². The third kappa shape index (κ3) is 4.28. The summed E-state index contributed by atoms with van der Waals surface area (Å²) in [5.41, 5.74) is 1.69. The molecule has 1 aromatic rings. The molecule has 1 atom stereocenters. The van der Waals surface area contributed by atoms with Crippen molar-refractivity contribution < 1.29 is 9.53 Å². The van der Waals surface area contributed by atoms with Crippen LogP contribution in [0.4, 0.5) is 0 Å². The number of nitrogens with one attached hydrogen (secondary N) is 1. The van der Waals surface area contributed by atoms with E-state index in [0.717, 1.165) is 18.5 Å². The van der Waals surface area contributed by atoms with E-state index in [1.165, 1.54) is 0 Å². The number of carbonyl (C=O) groups is 1. The van der Waals surface area contributed by atoms with Crippen LogP contribution in [0.15, 0.2) is 24.3 Å². The van der Waals surface area contributed by atoms with E-state index >= 15 is 0 Å². The van der Waals surface area contributed by atoms with Gasteiger partial charge in [0.2, 0.25) is 5.91 Å². The summed E-state index contributed by atoms with van der Waals surface area (Å²) in [7, 11) is 0. The van der Waals surface area contributed by atoms with Crippen molar-refractivity contribution >= 4 is 5.91 Å². The maximum atomic E-state index is 12.2. The summed E-state index contributed by atoms with van der Waals surface area (Å²) < 4.78 is 5.44. The Labute approximate surface area is 125 Å². The van der Waals surface area contributed by atoms with Gasteiger partial charge in [0.15, 0.2) is 0 Å². The van der Waals surface area contributed by atoms with Gasteiger partial charge in [-0.25, -0.2) is 0 Å². The number of hydrogen-bond acceptors (Lipinski definition) is 4. The molecular weight excluding hydrogens is 266 g/mol. The Bertz CT molecular complexity index is 524. The van der Waals surface area contributed by atoms with E-state index in [1.54, 1.807) is 6.07 Å². The Morgan fingerprint density at radius 2 is 2.43 bits per heavy atom. The SMILES string of the molecule is CCCNC(=O)C1COCCN1Cc1cccc(C#N)c1. The van der Waals surface area contributed by atoms with Crippen LogP contribution in [0.1, 0.15) is 24.5 Å². The third-order valence-electron chi connectivity index (χ3n) is 3.53. The van der Waals surface area contributed by atoms with E-state index in [4.69, 9.17) is 10.00 Å². The second kappa shape index (κ2) is 7.77. The lowest BCUT2D eigenvalue weighted by Gasteiger charge is -2.34. The zero-order valence-corrected chi connectivity index (χ0v) is 12.3. The molecular formula is C16H21N3O2. The quantitative estimate of drug-likeness (QED) is 0.886.